The van der Waals surface area contributed by atoms with Crippen molar-refractivity contribution in [3.8, 4) is 0 Å². The number of aromatic nitrogens is 2. The lowest BCUT2D eigenvalue weighted by Crippen LogP contribution is -2.11. The summed E-state index contributed by atoms with van der Waals surface area (Å²) in [6, 6.07) is 0. The summed E-state index contributed by atoms with van der Waals surface area (Å²) in [7, 11) is 0. The number of aliphatic carboxylic acids is 1. The fourth-order valence-electron chi connectivity index (χ4n) is 1.47. The van der Waals surface area contributed by atoms with E-state index in [9.17, 15) is 4.79 Å². The van der Waals surface area contributed by atoms with Crippen LogP contribution in [-0.2, 0) is 16.6 Å². The van der Waals surface area contributed by atoms with Gasteiger partial charge in [-0.05, 0) is 0 Å². The highest BCUT2D eigenvalue weighted by Crippen LogP contribution is 2.25. The summed E-state index contributed by atoms with van der Waals surface area (Å²) in [6.45, 7) is 6.28. The minimum atomic E-state index is -0.814. The summed E-state index contributed by atoms with van der Waals surface area (Å²) in [5, 5.41) is 10.6. The molecule has 2 aromatic rings. The van der Waals surface area contributed by atoms with E-state index in [1.807, 2.05) is 16.0 Å². The Balaban J connectivity index is 2.47. The lowest BCUT2D eigenvalue weighted by molar-refractivity contribution is -0.136. The molecule has 0 aliphatic rings. The molecule has 0 radical (unpaired) electrons. The molecule has 0 aliphatic carbocycles. The fourth-order valence-corrected chi connectivity index (χ4v) is 2.35. The maximum atomic E-state index is 10.7. The molecule has 0 aliphatic heterocycles. The number of rotatable bonds is 2. The first-order valence-corrected chi connectivity index (χ1v) is 5.93. The molecule has 0 unspecified atom stereocenters. The fraction of sp³-hybridized carbons (Fsp3) is 0.455. The molecule has 0 spiro atoms. The van der Waals surface area contributed by atoms with Crippen molar-refractivity contribution in [2.75, 3.05) is 0 Å². The standard InChI is InChI=1S/C11H14N2O2S/c1-11(2,3)8-5-13-7(4-9(14)15)6-16-10(13)12-8/h5-6H,4H2,1-3H3,(H,14,15). The van der Waals surface area contributed by atoms with Crippen molar-refractivity contribution in [2.45, 2.75) is 32.6 Å². The van der Waals surface area contributed by atoms with Crippen LogP contribution in [0.2, 0.25) is 0 Å². The summed E-state index contributed by atoms with van der Waals surface area (Å²) in [5.41, 5.74) is 1.77. The van der Waals surface area contributed by atoms with Crippen LogP contribution >= 0.6 is 11.3 Å². The first kappa shape index (κ1) is 11.1. The molecule has 0 saturated carbocycles. The molecule has 2 aromatic heterocycles. The van der Waals surface area contributed by atoms with Crippen LogP contribution in [0.1, 0.15) is 32.2 Å². The van der Waals surface area contributed by atoms with Gasteiger partial charge in [-0.15, -0.1) is 11.3 Å². The molecule has 86 valence electrons. The van der Waals surface area contributed by atoms with Gasteiger partial charge in [0.1, 0.15) is 0 Å². The molecule has 5 heteroatoms. The van der Waals surface area contributed by atoms with Gasteiger partial charge in [0.15, 0.2) is 4.96 Å². The molecular weight excluding hydrogens is 224 g/mol. The molecule has 0 atom stereocenters. The number of carboxylic acid groups (broad SMARTS) is 1. The molecule has 0 bridgehead atoms. The Hall–Kier alpha value is -1.36. The summed E-state index contributed by atoms with van der Waals surface area (Å²) >= 11 is 1.48. The summed E-state index contributed by atoms with van der Waals surface area (Å²) < 4.78 is 1.87. The van der Waals surface area contributed by atoms with Gasteiger partial charge in [0.2, 0.25) is 0 Å². The SMILES string of the molecule is CC(C)(C)c1cn2c(CC(=O)O)csc2n1. The van der Waals surface area contributed by atoms with E-state index in [4.69, 9.17) is 5.11 Å². The van der Waals surface area contributed by atoms with E-state index in [2.05, 4.69) is 25.8 Å². The Kier molecular flexibility index (Phi) is 2.50. The zero-order valence-electron chi connectivity index (χ0n) is 9.52. The van der Waals surface area contributed by atoms with Gasteiger partial charge in [-0.25, -0.2) is 4.98 Å². The van der Waals surface area contributed by atoms with Gasteiger partial charge >= 0.3 is 5.97 Å². The molecule has 0 amide bonds. The lowest BCUT2D eigenvalue weighted by atomic mass is 9.93. The Morgan fingerprint density at radius 3 is 2.81 bits per heavy atom. The lowest BCUT2D eigenvalue weighted by Gasteiger charge is -2.13. The van der Waals surface area contributed by atoms with Crippen LogP contribution in [0.3, 0.4) is 0 Å². The number of hydrogen-bond acceptors (Lipinski definition) is 3. The number of thiazole rings is 1. The zero-order chi connectivity index (χ0) is 11.9. The van der Waals surface area contributed by atoms with Gasteiger partial charge in [-0.3, -0.25) is 9.20 Å². The average Bonchev–Trinajstić information content (AvgIpc) is 2.64. The number of hydrogen-bond donors (Lipinski definition) is 1. The predicted molar refractivity (Wildman–Crippen MR) is 63.1 cm³/mol. The maximum Gasteiger partial charge on any atom is 0.309 e. The van der Waals surface area contributed by atoms with Crippen LogP contribution in [0.25, 0.3) is 4.96 Å². The van der Waals surface area contributed by atoms with Crippen molar-refractivity contribution in [3.63, 3.8) is 0 Å². The third-order valence-electron chi connectivity index (χ3n) is 2.38. The number of carbonyl (C=O) groups is 1. The molecule has 0 fully saturated rings. The highest BCUT2D eigenvalue weighted by Gasteiger charge is 2.19. The smallest absolute Gasteiger partial charge is 0.309 e. The zero-order valence-corrected chi connectivity index (χ0v) is 10.3. The molecule has 2 heterocycles. The number of nitrogens with zero attached hydrogens (tertiary/aromatic N) is 2. The first-order valence-electron chi connectivity index (χ1n) is 5.05. The van der Waals surface area contributed by atoms with Crippen molar-refractivity contribution in [1.29, 1.82) is 0 Å². The van der Waals surface area contributed by atoms with Gasteiger partial charge in [0, 0.05) is 22.7 Å². The van der Waals surface area contributed by atoms with Crippen LogP contribution in [0.5, 0.6) is 0 Å². The second-order valence-corrected chi connectivity index (χ2v) is 5.66. The largest absolute Gasteiger partial charge is 0.481 e. The van der Waals surface area contributed by atoms with Gasteiger partial charge in [0.05, 0.1) is 12.1 Å². The van der Waals surface area contributed by atoms with Crippen LogP contribution in [0.4, 0.5) is 0 Å². The van der Waals surface area contributed by atoms with Crippen LogP contribution in [-0.4, -0.2) is 20.5 Å². The molecule has 1 N–H and O–H groups in total. The van der Waals surface area contributed by atoms with E-state index in [1.165, 1.54) is 11.3 Å². The Bertz CT molecular complexity index is 534. The normalized spacial score (nSPS) is 12.2. The molecule has 16 heavy (non-hydrogen) atoms. The van der Waals surface area contributed by atoms with E-state index < -0.39 is 5.97 Å². The first-order chi connectivity index (χ1) is 7.38. The van der Waals surface area contributed by atoms with Crippen LogP contribution in [0.15, 0.2) is 11.6 Å². The Labute approximate surface area is 97.6 Å². The number of imidazole rings is 1. The monoisotopic (exact) mass is 238 g/mol. The van der Waals surface area contributed by atoms with Crippen molar-refractivity contribution in [1.82, 2.24) is 9.38 Å². The van der Waals surface area contributed by atoms with Gasteiger partial charge in [-0.2, -0.15) is 0 Å². The quantitative estimate of drug-likeness (QED) is 0.873. The van der Waals surface area contributed by atoms with Crippen LogP contribution < -0.4 is 0 Å². The van der Waals surface area contributed by atoms with Crippen molar-refractivity contribution in [3.05, 3.63) is 23.0 Å². The number of carboxylic acids is 1. The molecule has 4 nitrogen and oxygen atoms in total. The highest BCUT2D eigenvalue weighted by atomic mass is 32.1. The second-order valence-electron chi connectivity index (χ2n) is 4.83. The van der Waals surface area contributed by atoms with Crippen molar-refractivity contribution in [2.24, 2.45) is 0 Å². The second kappa shape index (κ2) is 3.59. The summed E-state index contributed by atoms with van der Waals surface area (Å²) in [5.74, 6) is -0.814. The summed E-state index contributed by atoms with van der Waals surface area (Å²) in [4.78, 5) is 16.0. The third-order valence-corrected chi connectivity index (χ3v) is 3.27. The van der Waals surface area contributed by atoms with Crippen molar-refractivity contribution < 1.29 is 9.90 Å². The maximum absolute atomic E-state index is 10.7. The van der Waals surface area contributed by atoms with Gasteiger partial charge in [0.25, 0.3) is 0 Å². The van der Waals surface area contributed by atoms with E-state index in [0.717, 1.165) is 16.3 Å². The predicted octanol–water partition coefficient (Wildman–Crippen LogP) is 2.32. The minimum Gasteiger partial charge on any atom is -0.481 e. The van der Waals surface area contributed by atoms with E-state index in [0.29, 0.717) is 0 Å². The molecule has 0 saturated heterocycles. The Morgan fingerprint density at radius 1 is 1.56 bits per heavy atom. The minimum absolute atomic E-state index is 0.00770. The van der Waals surface area contributed by atoms with E-state index in [1.54, 1.807) is 0 Å². The average molecular weight is 238 g/mol. The van der Waals surface area contributed by atoms with Gasteiger partial charge in [-0.1, -0.05) is 20.8 Å². The topological polar surface area (TPSA) is 54.6 Å². The summed E-state index contributed by atoms with van der Waals surface area (Å²) in [6.07, 6.45) is 1.98. The molecule has 2 rings (SSSR count). The van der Waals surface area contributed by atoms with Crippen LogP contribution in [0, 0.1) is 0 Å². The molecule has 0 aromatic carbocycles. The number of fused-ring (bicyclic) bond motifs is 1. The van der Waals surface area contributed by atoms with Crippen molar-refractivity contribution >= 4 is 22.3 Å². The van der Waals surface area contributed by atoms with E-state index in [-0.39, 0.29) is 11.8 Å². The highest BCUT2D eigenvalue weighted by molar-refractivity contribution is 7.15. The van der Waals surface area contributed by atoms with Gasteiger partial charge < -0.3 is 5.11 Å². The Morgan fingerprint density at radius 2 is 2.25 bits per heavy atom. The molecular formula is C11H14N2O2S. The van der Waals surface area contributed by atoms with E-state index >= 15 is 0 Å². The third kappa shape index (κ3) is 1.95.